The van der Waals surface area contributed by atoms with Crippen LogP contribution in [0.25, 0.3) is 0 Å². The number of hydrazine groups is 1. The van der Waals surface area contributed by atoms with E-state index in [-0.39, 0.29) is 28.7 Å². The first kappa shape index (κ1) is 22.6. The van der Waals surface area contributed by atoms with Crippen molar-refractivity contribution in [2.75, 3.05) is 18.5 Å². The van der Waals surface area contributed by atoms with Gasteiger partial charge in [0.15, 0.2) is 6.61 Å². The van der Waals surface area contributed by atoms with Gasteiger partial charge in [0, 0.05) is 12.0 Å². The number of nitrogens with zero attached hydrogens (tertiary/aromatic N) is 1. The van der Waals surface area contributed by atoms with Crippen molar-refractivity contribution < 1.29 is 23.9 Å². The van der Waals surface area contributed by atoms with Crippen LogP contribution in [0.2, 0.25) is 10.0 Å². The standard InChI is InChI=1S/C21H19Cl2N3O5/c1-12-4-2-5-13(8-12)20(29)25-26-10-14(9-18(26)28)21(30)31-11-17(27)24-16-7-3-6-15(22)19(16)23/h2-8,14H,9-11H2,1H3,(H,24,27)(H,25,29)/t14-/m1/s1. The topological polar surface area (TPSA) is 105 Å². The SMILES string of the molecule is Cc1cccc(C(=O)NN2C[C@H](C(=O)OCC(=O)Nc3cccc(Cl)c3Cl)CC2=O)c1. The molecule has 0 bridgehead atoms. The maximum atomic E-state index is 12.3. The molecule has 3 rings (SSSR count). The number of nitrogens with one attached hydrogen (secondary N) is 2. The molecule has 2 aromatic rings. The monoisotopic (exact) mass is 463 g/mol. The van der Waals surface area contributed by atoms with Crippen LogP contribution >= 0.6 is 23.2 Å². The van der Waals surface area contributed by atoms with Crippen molar-refractivity contribution in [1.29, 1.82) is 0 Å². The number of amides is 3. The lowest BCUT2D eigenvalue weighted by molar-refractivity contribution is -0.151. The molecule has 0 spiro atoms. The zero-order chi connectivity index (χ0) is 22.5. The predicted molar refractivity (Wildman–Crippen MR) is 115 cm³/mol. The number of aryl methyl sites for hydroxylation is 1. The minimum absolute atomic E-state index is 0.0447. The van der Waals surface area contributed by atoms with Crippen LogP contribution in [-0.2, 0) is 19.1 Å². The van der Waals surface area contributed by atoms with Crippen LogP contribution in [0.4, 0.5) is 5.69 Å². The summed E-state index contributed by atoms with van der Waals surface area (Å²) in [7, 11) is 0. The summed E-state index contributed by atoms with van der Waals surface area (Å²) in [5.41, 5.74) is 4.09. The van der Waals surface area contributed by atoms with Gasteiger partial charge >= 0.3 is 5.97 Å². The molecule has 0 aliphatic carbocycles. The van der Waals surface area contributed by atoms with Crippen molar-refractivity contribution in [3.05, 3.63) is 63.6 Å². The molecule has 162 valence electrons. The van der Waals surface area contributed by atoms with Gasteiger partial charge in [0.1, 0.15) is 0 Å². The zero-order valence-electron chi connectivity index (χ0n) is 16.5. The van der Waals surface area contributed by atoms with Crippen molar-refractivity contribution >= 4 is 52.6 Å². The number of benzene rings is 2. The van der Waals surface area contributed by atoms with E-state index in [1.54, 1.807) is 36.4 Å². The molecular formula is C21H19Cl2N3O5. The number of hydrogen-bond donors (Lipinski definition) is 2. The molecule has 10 heteroatoms. The summed E-state index contributed by atoms with van der Waals surface area (Å²) in [6.45, 7) is 1.25. The highest BCUT2D eigenvalue weighted by Crippen LogP contribution is 2.29. The van der Waals surface area contributed by atoms with Gasteiger partial charge in [-0.25, -0.2) is 0 Å². The first-order chi connectivity index (χ1) is 14.7. The summed E-state index contributed by atoms with van der Waals surface area (Å²) in [4.78, 5) is 48.8. The first-order valence-corrected chi connectivity index (χ1v) is 10.1. The number of halogens is 2. The van der Waals surface area contributed by atoms with E-state index in [1.807, 2.05) is 13.0 Å². The molecule has 1 aliphatic heterocycles. The van der Waals surface area contributed by atoms with E-state index >= 15 is 0 Å². The second-order valence-corrected chi connectivity index (χ2v) is 7.76. The fraction of sp³-hybridized carbons (Fsp3) is 0.238. The highest BCUT2D eigenvalue weighted by Gasteiger charge is 2.36. The molecule has 8 nitrogen and oxygen atoms in total. The van der Waals surface area contributed by atoms with E-state index < -0.39 is 36.2 Å². The normalized spacial score (nSPS) is 15.5. The molecule has 0 aromatic heterocycles. The summed E-state index contributed by atoms with van der Waals surface area (Å²) in [5.74, 6) is -2.99. The number of carbonyl (C=O) groups is 4. The van der Waals surface area contributed by atoms with Gasteiger partial charge < -0.3 is 10.1 Å². The fourth-order valence-electron chi connectivity index (χ4n) is 2.99. The minimum atomic E-state index is -0.798. The highest BCUT2D eigenvalue weighted by atomic mass is 35.5. The Hall–Kier alpha value is -3.10. The molecule has 3 amide bonds. The van der Waals surface area contributed by atoms with Crippen molar-refractivity contribution in [3.63, 3.8) is 0 Å². The van der Waals surface area contributed by atoms with E-state index in [2.05, 4.69) is 10.7 Å². The Bertz CT molecular complexity index is 1040. The van der Waals surface area contributed by atoms with Crippen LogP contribution in [0.1, 0.15) is 22.3 Å². The van der Waals surface area contributed by atoms with Crippen LogP contribution in [-0.4, -0.2) is 41.9 Å². The van der Waals surface area contributed by atoms with Gasteiger partial charge in [-0.05, 0) is 31.2 Å². The van der Waals surface area contributed by atoms with Gasteiger partial charge in [-0.2, -0.15) is 0 Å². The van der Waals surface area contributed by atoms with Crippen molar-refractivity contribution in [1.82, 2.24) is 10.4 Å². The number of rotatable bonds is 6. The maximum absolute atomic E-state index is 12.3. The average molecular weight is 464 g/mol. The summed E-state index contributed by atoms with van der Waals surface area (Å²) < 4.78 is 5.01. The number of ether oxygens (including phenoxy) is 1. The summed E-state index contributed by atoms with van der Waals surface area (Å²) >= 11 is 11.9. The van der Waals surface area contributed by atoms with Crippen molar-refractivity contribution in [3.8, 4) is 0 Å². The largest absolute Gasteiger partial charge is 0.455 e. The zero-order valence-corrected chi connectivity index (χ0v) is 18.0. The van der Waals surface area contributed by atoms with Gasteiger partial charge in [-0.3, -0.25) is 29.6 Å². The van der Waals surface area contributed by atoms with Crippen molar-refractivity contribution in [2.24, 2.45) is 5.92 Å². The maximum Gasteiger partial charge on any atom is 0.311 e. The van der Waals surface area contributed by atoms with Gasteiger partial charge in [-0.15, -0.1) is 0 Å². The molecule has 1 heterocycles. The van der Waals surface area contributed by atoms with Crippen LogP contribution in [0.3, 0.4) is 0 Å². The Morgan fingerprint density at radius 3 is 2.65 bits per heavy atom. The Labute approximate surface area is 188 Å². The van der Waals surface area contributed by atoms with Crippen LogP contribution in [0.5, 0.6) is 0 Å². The van der Waals surface area contributed by atoms with E-state index in [1.165, 1.54) is 0 Å². The number of hydrogen-bond acceptors (Lipinski definition) is 5. The fourth-order valence-corrected chi connectivity index (χ4v) is 3.34. The van der Waals surface area contributed by atoms with Gasteiger partial charge in [0.05, 0.1) is 28.2 Å². The third kappa shape index (κ3) is 5.74. The Balaban J connectivity index is 1.50. The lowest BCUT2D eigenvalue weighted by atomic mass is 10.1. The minimum Gasteiger partial charge on any atom is -0.455 e. The Morgan fingerprint density at radius 2 is 1.90 bits per heavy atom. The number of carbonyl (C=O) groups excluding carboxylic acids is 4. The molecule has 1 atom stereocenters. The predicted octanol–water partition coefficient (Wildman–Crippen LogP) is 2.98. The molecule has 31 heavy (non-hydrogen) atoms. The van der Waals surface area contributed by atoms with E-state index in [9.17, 15) is 19.2 Å². The molecular weight excluding hydrogens is 445 g/mol. The third-order valence-corrected chi connectivity index (χ3v) is 5.37. The second kappa shape index (κ2) is 9.80. The molecule has 2 aromatic carbocycles. The van der Waals surface area contributed by atoms with Crippen LogP contribution in [0, 0.1) is 12.8 Å². The first-order valence-electron chi connectivity index (χ1n) is 9.33. The van der Waals surface area contributed by atoms with Gasteiger partial charge in [0.2, 0.25) is 5.91 Å². The lowest BCUT2D eigenvalue weighted by Gasteiger charge is -2.17. The molecule has 2 N–H and O–H groups in total. The molecule has 0 saturated carbocycles. The van der Waals surface area contributed by atoms with E-state index in [4.69, 9.17) is 27.9 Å². The Kier molecular flexibility index (Phi) is 7.14. The molecule has 1 fully saturated rings. The molecule has 0 unspecified atom stereocenters. The number of esters is 1. The van der Waals surface area contributed by atoms with Crippen LogP contribution in [0.15, 0.2) is 42.5 Å². The summed E-state index contributed by atoms with van der Waals surface area (Å²) in [5, 5.41) is 4.03. The van der Waals surface area contributed by atoms with Gasteiger partial charge in [-0.1, -0.05) is 47.0 Å². The average Bonchev–Trinajstić information content (AvgIpc) is 3.10. The lowest BCUT2D eigenvalue weighted by Crippen LogP contribution is -2.43. The molecule has 0 radical (unpaired) electrons. The van der Waals surface area contributed by atoms with Crippen molar-refractivity contribution in [2.45, 2.75) is 13.3 Å². The molecule has 1 aliphatic rings. The highest BCUT2D eigenvalue weighted by molar-refractivity contribution is 6.44. The summed E-state index contributed by atoms with van der Waals surface area (Å²) in [6, 6.07) is 11.6. The van der Waals surface area contributed by atoms with Crippen LogP contribution < -0.4 is 10.7 Å². The quantitative estimate of drug-likeness (QED) is 0.640. The number of anilines is 1. The third-order valence-electron chi connectivity index (χ3n) is 4.55. The molecule has 1 saturated heterocycles. The van der Waals surface area contributed by atoms with E-state index in [0.717, 1.165) is 10.6 Å². The smallest absolute Gasteiger partial charge is 0.311 e. The second-order valence-electron chi connectivity index (χ2n) is 6.97. The van der Waals surface area contributed by atoms with E-state index in [0.29, 0.717) is 5.56 Å². The van der Waals surface area contributed by atoms with Gasteiger partial charge in [0.25, 0.3) is 11.8 Å². The summed E-state index contributed by atoms with van der Waals surface area (Å²) in [6.07, 6.45) is -0.130. The Morgan fingerprint density at radius 1 is 1.16 bits per heavy atom.